The maximum Gasteiger partial charge on any atom is 0.255 e. The number of nitrogens with zero attached hydrogens (tertiary/aromatic N) is 2. The Balaban J connectivity index is 1.22. The van der Waals surface area contributed by atoms with Gasteiger partial charge in [-0.1, -0.05) is 0 Å². The van der Waals surface area contributed by atoms with E-state index >= 15 is 0 Å². The summed E-state index contributed by atoms with van der Waals surface area (Å²) in [6.07, 6.45) is 10.0. The average Bonchev–Trinajstić information content (AvgIpc) is 3.30. The lowest BCUT2D eigenvalue weighted by atomic mass is 9.52. The van der Waals surface area contributed by atoms with E-state index in [1.165, 1.54) is 0 Å². The molecule has 8 heteroatoms. The fraction of sp³-hybridized carbons (Fsp3) is 0.792. The molecule has 0 spiro atoms. The Morgan fingerprint density at radius 3 is 2.56 bits per heavy atom. The van der Waals surface area contributed by atoms with Crippen LogP contribution in [0.1, 0.15) is 79.9 Å². The van der Waals surface area contributed by atoms with Gasteiger partial charge in [-0.15, -0.1) is 0 Å². The van der Waals surface area contributed by atoms with Crippen LogP contribution in [-0.2, 0) is 9.47 Å². The summed E-state index contributed by atoms with van der Waals surface area (Å²) in [4.78, 5) is 22.7. The molecule has 6 aliphatic rings. The molecular formula is C24H34N4O4. The van der Waals surface area contributed by atoms with Gasteiger partial charge in [0.25, 0.3) is 5.91 Å². The van der Waals surface area contributed by atoms with Crippen LogP contribution in [-0.4, -0.2) is 58.5 Å². The molecule has 1 amide bonds. The van der Waals surface area contributed by atoms with E-state index in [1.54, 1.807) is 6.20 Å². The Morgan fingerprint density at radius 2 is 1.88 bits per heavy atom. The van der Waals surface area contributed by atoms with Crippen molar-refractivity contribution >= 4 is 11.9 Å². The Bertz CT molecular complexity index is 852. The summed E-state index contributed by atoms with van der Waals surface area (Å²) >= 11 is 0. The van der Waals surface area contributed by atoms with Crippen molar-refractivity contribution in [1.82, 2.24) is 15.3 Å². The lowest BCUT2D eigenvalue weighted by molar-refractivity contribution is -0.136. The Labute approximate surface area is 188 Å². The van der Waals surface area contributed by atoms with Crippen LogP contribution in [0.25, 0.3) is 0 Å². The molecule has 2 aliphatic heterocycles. The number of anilines is 1. The molecule has 4 bridgehead atoms. The lowest BCUT2D eigenvalue weighted by Crippen LogP contribution is -2.61. The normalized spacial score (nSPS) is 38.7. The Kier molecular flexibility index (Phi) is 5.35. The van der Waals surface area contributed by atoms with Gasteiger partial charge in [-0.2, -0.15) is 0 Å². The molecule has 3 atom stereocenters. The van der Waals surface area contributed by atoms with Gasteiger partial charge in [0.05, 0.1) is 16.9 Å². The summed E-state index contributed by atoms with van der Waals surface area (Å²) in [6.45, 7) is 2.19. The van der Waals surface area contributed by atoms with Gasteiger partial charge >= 0.3 is 0 Å². The molecule has 32 heavy (non-hydrogen) atoms. The smallest absolute Gasteiger partial charge is 0.255 e. The fourth-order valence-electron chi connectivity index (χ4n) is 7.15. The maximum absolute atomic E-state index is 13.4. The zero-order chi connectivity index (χ0) is 21.7. The molecule has 0 aromatic carbocycles. The Hall–Kier alpha value is -1.77. The number of carbonyl (C=O) groups is 1. The molecule has 6 fully saturated rings. The minimum Gasteiger partial charge on any atom is -0.390 e. The van der Waals surface area contributed by atoms with E-state index in [-0.39, 0.29) is 18.1 Å². The zero-order valence-corrected chi connectivity index (χ0v) is 18.6. The molecule has 4 saturated carbocycles. The van der Waals surface area contributed by atoms with Crippen LogP contribution in [0.2, 0.25) is 0 Å². The molecule has 174 valence electrons. The topological polar surface area (TPSA) is 106 Å². The third kappa shape index (κ3) is 3.90. The first-order valence-electron chi connectivity index (χ1n) is 12.4. The summed E-state index contributed by atoms with van der Waals surface area (Å²) in [5, 5.41) is 17.6. The highest BCUT2D eigenvalue weighted by Gasteiger charge is 2.55. The molecule has 7 rings (SSSR count). The van der Waals surface area contributed by atoms with Gasteiger partial charge in [-0.3, -0.25) is 4.79 Å². The van der Waals surface area contributed by atoms with Crippen LogP contribution in [0, 0.1) is 17.8 Å². The standard InChI is InChI=1S/C24H34N4O4/c29-22(27-20-15-8-14-9-16(20)12-24(30,10-14)11-15)18-13-25-23(26-17-3-6-31-7-4-17)28-21(18)19-2-1-5-32-19/h13-17,19-20,30H,1-12H2,(H,27,29)(H,25,26,28)/t14?,15?,16?,19-,20?,24?/m1/s1. The van der Waals surface area contributed by atoms with Gasteiger partial charge in [0, 0.05) is 38.1 Å². The number of amides is 1. The lowest BCUT2D eigenvalue weighted by Gasteiger charge is -2.58. The van der Waals surface area contributed by atoms with Crippen LogP contribution in [0.4, 0.5) is 5.95 Å². The number of nitrogens with one attached hydrogen (secondary N) is 2. The summed E-state index contributed by atoms with van der Waals surface area (Å²) in [7, 11) is 0. The molecular weight excluding hydrogens is 408 g/mol. The van der Waals surface area contributed by atoms with E-state index in [1.807, 2.05) is 0 Å². The predicted molar refractivity (Wildman–Crippen MR) is 117 cm³/mol. The highest BCUT2D eigenvalue weighted by Crippen LogP contribution is 2.55. The fourth-order valence-corrected chi connectivity index (χ4v) is 7.15. The van der Waals surface area contributed by atoms with E-state index in [0.717, 1.165) is 71.0 Å². The quantitative estimate of drug-likeness (QED) is 0.644. The van der Waals surface area contributed by atoms with Crippen molar-refractivity contribution in [2.45, 2.75) is 81.6 Å². The monoisotopic (exact) mass is 442 g/mol. The third-order valence-electron chi connectivity index (χ3n) is 8.39. The molecule has 4 aliphatic carbocycles. The van der Waals surface area contributed by atoms with Crippen molar-refractivity contribution in [2.75, 3.05) is 25.1 Å². The van der Waals surface area contributed by atoms with Crippen molar-refractivity contribution in [3.8, 4) is 0 Å². The van der Waals surface area contributed by atoms with Crippen molar-refractivity contribution < 1.29 is 19.4 Å². The van der Waals surface area contributed by atoms with Crippen LogP contribution in [0.3, 0.4) is 0 Å². The van der Waals surface area contributed by atoms with E-state index in [0.29, 0.717) is 47.6 Å². The molecule has 1 aromatic rings. The van der Waals surface area contributed by atoms with E-state index in [4.69, 9.17) is 14.5 Å². The second-order valence-electron chi connectivity index (χ2n) is 10.7. The molecule has 0 radical (unpaired) electrons. The van der Waals surface area contributed by atoms with Crippen molar-refractivity contribution in [3.05, 3.63) is 17.5 Å². The maximum atomic E-state index is 13.4. The minimum atomic E-state index is -0.499. The molecule has 3 N–H and O–H groups in total. The Morgan fingerprint density at radius 1 is 1.09 bits per heavy atom. The number of hydrogen-bond acceptors (Lipinski definition) is 7. The second-order valence-corrected chi connectivity index (χ2v) is 10.7. The summed E-state index contributed by atoms with van der Waals surface area (Å²) in [5.74, 6) is 1.83. The molecule has 3 heterocycles. The van der Waals surface area contributed by atoms with Crippen molar-refractivity contribution in [3.63, 3.8) is 0 Å². The zero-order valence-electron chi connectivity index (χ0n) is 18.6. The SMILES string of the molecule is O=C(NC1C2CC3CC1CC(O)(C3)C2)c1cnc(NC2CCOCC2)nc1[C@H]1CCCO1. The first kappa shape index (κ1) is 20.8. The van der Waals surface area contributed by atoms with E-state index in [9.17, 15) is 9.90 Å². The molecule has 8 nitrogen and oxygen atoms in total. The number of aliphatic hydroxyl groups is 1. The van der Waals surface area contributed by atoms with Crippen molar-refractivity contribution in [1.29, 1.82) is 0 Å². The summed E-state index contributed by atoms with van der Waals surface area (Å²) < 4.78 is 11.4. The van der Waals surface area contributed by atoms with Gasteiger partial charge in [0.1, 0.15) is 6.10 Å². The first-order valence-corrected chi connectivity index (χ1v) is 12.4. The van der Waals surface area contributed by atoms with Crippen molar-refractivity contribution in [2.24, 2.45) is 17.8 Å². The first-order chi connectivity index (χ1) is 15.6. The van der Waals surface area contributed by atoms with Gasteiger partial charge in [0.15, 0.2) is 0 Å². The highest BCUT2D eigenvalue weighted by atomic mass is 16.5. The van der Waals surface area contributed by atoms with E-state index in [2.05, 4.69) is 15.6 Å². The summed E-state index contributed by atoms with van der Waals surface area (Å²) in [5.41, 5.74) is 0.732. The van der Waals surface area contributed by atoms with Crippen LogP contribution in [0.5, 0.6) is 0 Å². The van der Waals surface area contributed by atoms with Gasteiger partial charge < -0.3 is 25.2 Å². The predicted octanol–water partition coefficient (Wildman–Crippen LogP) is 2.59. The largest absolute Gasteiger partial charge is 0.390 e. The number of rotatable bonds is 5. The van der Waals surface area contributed by atoms with Gasteiger partial charge in [0.2, 0.25) is 5.95 Å². The third-order valence-corrected chi connectivity index (χ3v) is 8.39. The number of hydrogen-bond donors (Lipinski definition) is 3. The van der Waals surface area contributed by atoms with Crippen LogP contribution >= 0.6 is 0 Å². The number of ether oxygens (including phenoxy) is 2. The molecule has 2 unspecified atom stereocenters. The summed E-state index contributed by atoms with van der Waals surface area (Å²) in [6, 6.07) is 0.427. The van der Waals surface area contributed by atoms with Crippen LogP contribution in [0.15, 0.2) is 6.20 Å². The molecule has 1 aromatic heterocycles. The second kappa shape index (κ2) is 8.22. The highest BCUT2D eigenvalue weighted by molar-refractivity contribution is 5.95. The van der Waals surface area contributed by atoms with E-state index < -0.39 is 5.60 Å². The molecule has 2 saturated heterocycles. The number of aromatic nitrogens is 2. The van der Waals surface area contributed by atoms with Gasteiger partial charge in [-0.05, 0) is 75.5 Å². The number of carbonyl (C=O) groups excluding carboxylic acids is 1. The average molecular weight is 443 g/mol. The van der Waals surface area contributed by atoms with Gasteiger partial charge in [-0.25, -0.2) is 9.97 Å². The van der Waals surface area contributed by atoms with Crippen LogP contribution < -0.4 is 10.6 Å². The minimum absolute atomic E-state index is 0.0995.